The molecule has 0 aromatic carbocycles. The molecule has 1 rings (SSSR count). The molecule has 1 aliphatic rings. The minimum atomic E-state index is -3.26. The highest BCUT2D eigenvalue weighted by Crippen LogP contribution is 2.45. The van der Waals surface area contributed by atoms with Gasteiger partial charge in [-0.2, -0.15) is 0 Å². The maximum atomic E-state index is 11.4. The van der Waals surface area contributed by atoms with Gasteiger partial charge in [0.2, 0.25) is 0 Å². The second-order valence-electron chi connectivity index (χ2n) is 3.73. The number of hydrogen-bond donors (Lipinski definition) is 1. The van der Waals surface area contributed by atoms with E-state index in [1.54, 1.807) is 0 Å². The molecule has 0 aliphatic heterocycles. The van der Waals surface area contributed by atoms with E-state index >= 15 is 0 Å². The Hall–Kier alpha value is 0.150. The highest BCUT2D eigenvalue weighted by atomic mass is 31.2. The molecule has 78 valence electrons. The Labute approximate surface area is 80.0 Å². The predicted molar refractivity (Wildman–Crippen MR) is 52.9 cm³/mol. The monoisotopic (exact) mass is 206 g/mol. The van der Waals surface area contributed by atoms with Gasteiger partial charge in [-0.3, -0.25) is 4.57 Å². The molecule has 0 radical (unpaired) electrons. The maximum absolute atomic E-state index is 11.4. The molecule has 1 N–H and O–H groups in total. The van der Waals surface area contributed by atoms with Crippen molar-refractivity contribution in [3.63, 3.8) is 0 Å². The smallest absolute Gasteiger partial charge is 0.324 e. The van der Waals surface area contributed by atoms with Crippen LogP contribution in [0.5, 0.6) is 0 Å². The SMILES string of the molecule is CCCP(=O)(O)OC1CCCCC1. The largest absolute Gasteiger partial charge is 0.328 e. The fourth-order valence-corrected chi connectivity index (χ4v) is 3.09. The second kappa shape index (κ2) is 5.14. The van der Waals surface area contributed by atoms with E-state index in [1.807, 2.05) is 6.92 Å². The lowest BCUT2D eigenvalue weighted by Crippen LogP contribution is -2.15. The molecule has 1 aliphatic carbocycles. The van der Waals surface area contributed by atoms with Crippen molar-refractivity contribution >= 4 is 7.60 Å². The van der Waals surface area contributed by atoms with E-state index in [-0.39, 0.29) is 6.10 Å². The van der Waals surface area contributed by atoms with Gasteiger partial charge >= 0.3 is 7.60 Å². The fourth-order valence-electron chi connectivity index (χ4n) is 1.74. The molecule has 0 heterocycles. The standard InChI is InChI=1S/C9H19O3P/c1-2-8-13(10,11)12-9-6-4-3-5-7-9/h9H,2-8H2,1H3,(H,10,11). The fraction of sp³-hybridized carbons (Fsp3) is 1.00. The summed E-state index contributed by atoms with van der Waals surface area (Å²) >= 11 is 0. The van der Waals surface area contributed by atoms with Gasteiger partial charge in [0, 0.05) is 6.16 Å². The zero-order valence-corrected chi connectivity index (χ0v) is 9.13. The van der Waals surface area contributed by atoms with Crippen molar-refractivity contribution in [1.82, 2.24) is 0 Å². The van der Waals surface area contributed by atoms with E-state index in [2.05, 4.69) is 0 Å². The minimum absolute atomic E-state index is 0.0381. The summed E-state index contributed by atoms with van der Waals surface area (Å²) in [5, 5.41) is 0. The van der Waals surface area contributed by atoms with Crippen molar-refractivity contribution in [3.05, 3.63) is 0 Å². The first kappa shape index (κ1) is 11.2. The van der Waals surface area contributed by atoms with E-state index in [1.165, 1.54) is 6.42 Å². The van der Waals surface area contributed by atoms with Gasteiger partial charge in [-0.15, -0.1) is 0 Å². The summed E-state index contributed by atoms with van der Waals surface area (Å²) in [6, 6.07) is 0. The van der Waals surface area contributed by atoms with Crippen molar-refractivity contribution in [2.45, 2.75) is 51.6 Å². The second-order valence-corrected chi connectivity index (χ2v) is 5.66. The lowest BCUT2D eigenvalue weighted by atomic mass is 9.98. The summed E-state index contributed by atoms with van der Waals surface area (Å²) in [6.45, 7) is 1.90. The summed E-state index contributed by atoms with van der Waals surface area (Å²) < 4.78 is 16.6. The quantitative estimate of drug-likeness (QED) is 0.719. The average Bonchev–Trinajstić information content (AvgIpc) is 2.04. The maximum Gasteiger partial charge on any atom is 0.328 e. The average molecular weight is 206 g/mol. The third-order valence-corrected chi connectivity index (χ3v) is 4.01. The molecule has 0 aromatic heterocycles. The van der Waals surface area contributed by atoms with Gasteiger partial charge in [0.1, 0.15) is 0 Å². The van der Waals surface area contributed by atoms with Gasteiger partial charge in [0.05, 0.1) is 6.10 Å². The van der Waals surface area contributed by atoms with E-state index in [0.29, 0.717) is 12.6 Å². The molecule has 13 heavy (non-hydrogen) atoms. The molecule has 3 nitrogen and oxygen atoms in total. The lowest BCUT2D eigenvalue weighted by molar-refractivity contribution is 0.135. The predicted octanol–water partition coefficient (Wildman–Crippen LogP) is 2.93. The first-order chi connectivity index (χ1) is 6.14. The van der Waals surface area contributed by atoms with Crippen LogP contribution >= 0.6 is 7.60 Å². The molecular weight excluding hydrogens is 187 g/mol. The molecule has 0 aromatic rings. The summed E-state index contributed by atoms with van der Waals surface area (Å²) in [7, 11) is -3.26. The van der Waals surface area contributed by atoms with Crippen LogP contribution in [0.15, 0.2) is 0 Å². The van der Waals surface area contributed by atoms with Crippen LogP contribution in [0.4, 0.5) is 0 Å². The third-order valence-electron chi connectivity index (χ3n) is 2.37. The minimum Gasteiger partial charge on any atom is -0.324 e. The molecule has 1 saturated carbocycles. The van der Waals surface area contributed by atoms with E-state index in [4.69, 9.17) is 4.52 Å². The number of rotatable bonds is 4. The molecule has 0 saturated heterocycles. The van der Waals surface area contributed by atoms with Crippen LogP contribution in [-0.4, -0.2) is 17.2 Å². The van der Waals surface area contributed by atoms with E-state index in [0.717, 1.165) is 25.7 Å². The van der Waals surface area contributed by atoms with Gasteiger partial charge in [-0.1, -0.05) is 26.2 Å². The van der Waals surface area contributed by atoms with Gasteiger partial charge in [-0.25, -0.2) is 0 Å². The first-order valence-corrected chi connectivity index (χ1v) is 6.90. The number of hydrogen-bond acceptors (Lipinski definition) is 2. The first-order valence-electron chi connectivity index (χ1n) is 5.14. The van der Waals surface area contributed by atoms with Crippen molar-refractivity contribution in [1.29, 1.82) is 0 Å². The van der Waals surface area contributed by atoms with Crippen LogP contribution in [0.1, 0.15) is 45.4 Å². The van der Waals surface area contributed by atoms with Gasteiger partial charge in [0.15, 0.2) is 0 Å². The molecule has 1 atom stereocenters. The Bertz CT molecular complexity index is 187. The van der Waals surface area contributed by atoms with Crippen LogP contribution in [0.25, 0.3) is 0 Å². The molecule has 1 fully saturated rings. The zero-order chi connectivity index (χ0) is 9.73. The van der Waals surface area contributed by atoms with Gasteiger partial charge in [0.25, 0.3) is 0 Å². The Morgan fingerprint density at radius 1 is 1.38 bits per heavy atom. The van der Waals surface area contributed by atoms with Crippen molar-refractivity contribution in [2.75, 3.05) is 6.16 Å². The Morgan fingerprint density at radius 3 is 2.54 bits per heavy atom. The Kier molecular flexibility index (Phi) is 4.43. The van der Waals surface area contributed by atoms with Gasteiger partial charge < -0.3 is 9.42 Å². The van der Waals surface area contributed by atoms with Crippen LogP contribution in [0, 0.1) is 0 Å². The molecule has 0 amide bonds. The van der Waals surface area contributed by atoms with E-state index in [9.17, 15) is 9.46 Å². The van der Waals surface area contributed by atoms with Crippen molar-refractivity contribution in [2.24, 2.45) is 0 Å². The van der Waals surface area contributed by atoms with Gasteiger partial charge in [-0.05, 0) is 19.3 Å². The molecule has 0 spiro atoms. The highest BCUT2D eigenvalue weighted by Gasteiger charge is 2.24. The van der Waals surface area contributed by atoms with Crippen LogP contribution < -0.4 is 0 Å². The van der Waals surface area contributed by atoms with Crippen LogP contribution in [0.2, 0.25) is 0 Å². The molecule has 4 heteroatoms. The highest BCUT2D eigenvalue weighted by molar-refractivity contribution is 7.52. The van der Waals surface area contributed by atoms with Crippen molar-refractivity contribution < 1.29 is 14.0 Å². The summed E-state index contributed by atoms with van der Waals surface area (Å²) in [6.07, 6.45) is 6.46. The van der Waals surface area contributed by atoms with Crippen LogP contribution in [0.3, 0.4) is 0 Å². The Morgan fingerprint density at radius 2 is 2.00 bits per heavy atom. The summed E-state index contributed by atoms with van der Waals surface area (Å²) in [5.41, 5.74) is 0. The topological polar surface area (TPSA) is 46.5 Å². The summed E-state index contributed by atoms with van der Waals surface area (Å²) in [4.78, 5) is 9.40. The summed E-state index contributed by atoms with van der Waals surface area (Å²) in [5.74, 6) is 0. The van der Waals surface area contributed by atoms with Crippen molar-refractivity contribution in [3.8, 4) is 0 Å². The lowest BCUT2D eigenvalue weighted by Gasteiger charge is -2.24. The molecule has 1 unspecified atom stereocenters. The Balaban J connectivity index is 2.32. The van der Waals surface area contributed by atoms with E-state index < -0.39 is 7.60 Å². The molecular formula is C9H19O3P. The third kappa shape index (κ3) is 4.26. The van der Waals surface area contributed by atoms with Crippen LogP contribution in [-0.2, 0) is 9.09 Å². The molecule has 0 bridgehead atoms. The zero-order valence-electron chi connectivity index (χ0n) is 8.24. The normalized spacial score (nSPS) is 24.2.